The minimum Gasteiger partial charge on any atom is -0.349 e. The van der Waals surface area contributed by atoms with Crippen LogP contribution in [0.3, 0.4) is 0 Å². The van der Waals surface area contributed by atoms with Gasteiger partial charge in [0.1, 0.15) is 5.75 Å². The molecule has 0 aliphatic heterocycles. The highest BCUT2D eigenvalue weighted by molar-refractivity contribution is 7.84. The van der Waals surface area contributed by atoms with Gasteiger partial charge in [-0.1, -0.05) is 37.3 Å². The number of nitrogens with one attached hydrogen (secondary N) is 1. The van der Waals surface area contributed by atoms with Crippen LogP contribution in [0.4, 0.5) is 0 Å². The first-order valence-corrected chi connectivity index (χ1v) is 9.57. The molecule has 0 spiro atoms. The molecule has 2 rings (SSSR count). The fourth-order valence-electron chi connectivity index (χ4n) is 2.05. The van der Waals surface area contributed by atoms with Gasteiger partial charge in [0.25, 0.3) is 0 Å². The van der Waals surface area contributed by atoms with E-state index in [1.165, 1.54) is 0 Å². The van der Waals surface area contributed by atoms with E-state index in [-0.39, 0.29) is 17.7 Å². The molecule has 1 aromatic heterocycles. The van der Waals surface area contributed by atoms with Crippen LogP contribution in [0.25, 0.3) is 0 Å². The number of rotatable bonds is 7. The number of aryl methyl sites for hydroxylation is 1. The predicted octanol–water partition coefficient (Wildman–Crippen LogP) is 2.83. The first-order valence-electron chi connectivity index (χ1n) is 7.21. The Morgan fingerprint density at radius 3 is 2.73 bits per heavy atom. The highest BCUT2D eigenvalue weighted by Gasteiger charge is 2.13. The van der Waals surface area contributed by atoms with E-state index in [4.69, 9.17) is 0 Å². The number of benzene rings is 1. The Morgan fingerprint density at radius 1 is 1.36 bits per heavy atom. The van der Waals surface area contributed by atoms with Crippen molar-refractivity contribution in [3.63, 3.8) is 0 Å². The van der Waals surface area contributed by atoms with Gasteiger partial charge in [0.15, 0.2) is 0 Å². The Hall–Kier alpha value is -1.53. The molecular weight excluding hydrogens is 316 g/mol. The van der Waals surface area contributed by atoms with Crippen LogP contribution in [-0.2, 0) is 27.8 Å². The van der Waals surface area contributed by atoms with Gasteiger partial charge in [-0.2, -0.15) is 0 Å². The zero-order valence-corrected chi connectivity index (χ0v) is 14.4. The maximum atomic E-state index is 12.1. The maximum absolute atomic E-state index is 12.1. The lowest BCUT2D eigenvalue weighted by molar-refractivity contribution is -0.119. The lowest BCUT2D eigenvalue weighted by atomic mass is 10.1. The number of aromatic nitrogens is 1. The van der Waals surface area contributed by atoms with E-state index < -0.39 is 10.8 Å². The van der Waals surface area contributed by atoms with Crippen LogP contribution in [0.15, 0.2) is 35.7 Å². The molecule has 0 bridgehead atoms. The molecule has 0 aliphatic carbocycles. The second-order valence-corrected chi connectivity index (χ2v) is 7.41. The average Bonchev–Trinajstić information content (AvgIpc) is 2.95. The lowest BCUT2D eigenvalue weighted by Gasteiger charge is -2.13. The Labute approximate surface area is 137 Å². The first-order chi connectivity index (χ1) is 10.6. The van der Waals surface area contributed by atoms with Crippen LogP contribution in [-0.4, -0.2) is 20.9 Å². The summed E-state index contributed by atoms with van der Waals surface area (Å²) >= 11 is 1.57. The molecule has 2 aromatic rings. The highest BCUT2D eigenvalue weighted by Crippen LogP contribution is 2.13. The molecule has 0 unspecified atom stereocenters. The fraction of sp³-hybridized carbons (Fsp3) is 0.375. The average molecular weight is 336 g/mol. The minimum absolute atomic E-state index is 0.0101. The summed E-state index contributed by atoms with van der Waals surface area (Å²) in [5, 5.41) is 5.83. The molecule has 1 heterocycles. The van der Waals surface area contributed by atoms with Crippen LogP contribution < -0.4 is 5.32 Å². The van der Waals surface area contributed by atoms with Crippen molar-refractivity contribution >= 4 is 28.0 Å². The Morgan fingerprint density at radius 2 is 2.09 bits per heavy atom. The molecule has 4 nitrogen and oxygen atoms in total. The summed E-state index contributed by atoms with van der Waals surface area (Å²) in [6.45, 7) is 3.96. The standard InChI is InChI=1S/C16H20N2O2S2/c1-3-16-18-14(9-21-16)10-22(20)11-15(19)17-12(2)13-7-5-4-6-8-13/h4-9,12H,3,10-11H2,1-2H3,(H,17,19)/t12-,22+/m0/s1. The summed E-state index contributed by atoms with van der Waals surface area (Å²) < 4.78 is 12.1. The largest absolute Gasteiger partial charge is 0.349 e. The first kappa shape index (κ1) is 16.8. The molecular formula is C16H20N2O2S2. The van der Waals surface area contributed by atoms with E-state index in [0.29, 0.717) is 5.75 Å². The van der Waals surface area contributed by atoms with E-state index in [1.807, 2.05) is 49.6 Å². The maximum Gasteiger partial charge on any atom is 0.233 e. The van der Waals surface area contributed by atoms with E-state index in [0.717, 1.165) is 22.7 Å². The van der Waals surface area contributed by atoms with Crippen molar-refractivity contribution in [1.29, 1.82) is 0 Å². The second kappa shape index (κ2) is 8.19. The number of carbonyl (C=O) groups excluding carboxylic acids is 1. The molecule has 22 heavy (non-hydrogen) atoms. The van der Waals surface area contributed by atoms with Crippen LogP contribution in [0, 0.1) is 0 Å². The Balaban J connectivity index is 1.82. The van der Waals surface area contributed by atoms with Gasteiger partial charge < -0.3 is 5.32 Å². The topological polar surface area (TPSA) is 59.1 Å². The van der Waals surface area contributed by atoms with Gasteiger partial charge in [-0.15, -0.1) is 11.3 Å². The van der Waals surface area contributed by atoms with Crippen molar-refractivity contribution in [2.45, 2.75) is 32.1 Å². The van der Waals surface area contributed by atoms with Crippen molar-refractivity contribution in [1.82, 2.24) is 10.3 Å². The van der Waals surface area contributed by atoms with Crippen LogP contribution in [0.1, 0.15) is 36.2 Å². The van der Waals surface area contributed by atoms with Gasteiger partial charge in [-0.3, -0.25) is 9.00 Å². The van der Waals surface area contributed by atoms with Gasteiger partial charge in [-0.25, -0.2) is 4.98 Å². The van der Waals surface area contributed by atoms with Gasteiger partial charge in [0, 0.05) is 16.2 Å². The molecule has 6 heteroatoms. The molecule has 0 radical (unpaired) electrons. The van der Waals surface area contributed by atoms with Crippen molar-refractivity contribution in [2.24, 2.45) is 0 Å². The predicted molar refractivity (Wildman–Crippen MR) is 91.2 cm³/mol. The molecule has 1 amide bonds. The van der Waals surface area contributed by atoms with Crippen molar-refractivity contribution in [2.75, 3.05) is 5.75 Å². The van der Waals surface area contributed by atoms with E-state index >= 15 is 0 Å². The number of nitrogens with zero attached hydrogens (tertiary/aromatic N) is 1. The van der Waals surface area contributed by atoms with E-state index in [2.05, 4.69) is 10.3 Å². The number of hydrogen-bond donors (Lipinski definition) is 1. The third-order valence-electron chi connectivity index (χ3n) is 3.18. The van der Waals surface area contributed by atoms with Crippen molar-refractivity contribution in [3.05, 3.63) is 52.0 Å². The fourth-order valence-corrected chi connectivity index (χ4v) is 3.85. The summed E-state index contributed by atoms with van der Waals surface area (Å²) in [6.07, 6.45) is 0.881. The molecule has 118 valence electrons. The van der Waals surface area contributed by atoms with Crippen LogP contribution in [0.2, 0.25) is 0 Å². The Kier molecular flexibility index (Phi) is 6.27. The number of amides is 1. The normalized spacial score (nSPS) is 13.5. The third-order valence-corrected chi connectivity index (χ3v) is 5.42. The summed E-state index contributed by atoms with van der Waals surface area (Å²) in [5.74, 6) is 0.153. The molecule has 0 aliphatic rings. The van der Waals surface area contributed by atoms with Gasteiger partial charge in [-0.05, 0) is 18.9 Å². The number of carbonyl (C=O) groups is 1. The van der Waals surface area contributed by atoms with Crippen LogP contribution in [0.5, 0.6) is 0 Å². The lowest BCUT2D eigenvalue weighted by Crippen LogP contribution is -2.31. The number of thiazole rings is 1. The van der Waals surface area contributed by atoms with Gasteiger partial charge in [0.2, 0.25) is 5.91 Å². The molecule has 2 atom stereocenters. The van der Waals surface area contributed by atoms with E-state index in [9.17, 15) is 9.00 Å². The summed E-state index contributed by atoms with van der Waals surface area (Å²) in [6, 6.07) is 9.64. The zero-order valence-electron chi connectivity index (χ0n) is 12.7. The van der Waals surface area contributed by atoms with Crippen LogP contribution >= 0.6 is 11.3 Å². The quantitative estimate of drug-likeness (QED) is 0.846. The summed E-state index contributed by atoms with van der Waals surface area (Å²) in [7, 11) is -1.23. The summed E-state index contributed by atoms with van der Waals surface area (Å²) in [5.41, 5.74) is 1.85. The number of hydrogen-bond acceptors (Lipinski definition) is 4. The Bertz CT molecular complexity index is 641. The van der Waals surface area contributed by atoms with Crippen molar-refractivity contribution in [3.8, 4) is 0 Å². The molecule has 0 saturated carbocycles. The van der Waals surface area contributed by atoms with Gasteiger partial charge >= 0.3 is 0 Å². The molecule has 1 aromatic carbocycles. The zero-order chi connectivity index (χ0) is 15.9. The highest BCUT2D eigenvalue weighted by atomic mass is 32.2. The third kappa shape index (κ3) is 5.03. The monoisotopic (exact) mass is 336 g/mol. The molecule has 0 saturated heterocycles. The minimum atomic E-state index is -1.23. The van der Waals surface area contributed by atoms with Crippen molar-refractivity contribution < 1.29 is 9.00 Å². The second-order valence-electron chi connectivity index (χ2n) is 5.01. The summed E-state index contributed by atoms with van der Waals surface area (Å²) in [4.78, 5) is 16.3. The smallest absolute Gasteiger partial charge is 0.233 e. The SMILES string of the molecule is CCc1nc(C[S@@](=O)CC(=O)N[C@@H](C)c2ccccc2)cs1. The van der Waals surface area contributed by atoms with E-state index in [1.54, 1.807) is 11.3 Å². The molecule has 0 fully saturated rings. The van der Waals surface area contributed by atoms with Gasteiger partial charge in [0.05, 0.1) is 22.5 Å². The molecule has 1 N–H and O–H groups in total.